The lowest BCUT2D eigenvalue weighted by Crippen LogP contribution is -2.26. The van der Waals surface area contributed by atoms with E-state index in [1.807, 2.05) is 24.4 Å². The van der Waals surface area contributed by atoms with Gasteiger partial charge in [-0.15, -0.1) is 5.10 Å². The zero-order valence-corrected chi connectivity index (χ0v) is 13.5. The summed E-state index contributed by atoms with van der Waals surface area (Å²) < 4.78 is 6.60. The number of rotatable bonds is 5. The number of H-pyrrole nitrogens is 1. The van der Waals surface area contributed by atoms with Crippen molar-refractivity contribution in [3.05, 3.63) is 41.1 Å². The molecule has 0 aliphatic rings. The molecule has 0 fully saturated rings. The fraction of sp³-hybridized carbons (Fsp3) is 0.267. The van der Waals surface area contributed by atoms with E-state index in [0.29, 0.717) is 13.0 Å². The number of hydrogen-bond donors (Lipinski definition) is 2. The van der Waals surface area contributed by atoms with Crippen molar-refractivity contribution in [3.63, 3.8) is 0 Å². The number of halogens is 1. The maximum absolute atomic E-state index is 12.0. The minimum absolute atomic E-state index is 0.0677. The van der Waals surface area contributed by atoms with Crippen LogP contribution in [-0.2, 0) is 13.5 Å². The number of methoxy groups -OCH3 is 1. The first kappa shape index (κ1) is 15.4. The summed E-state index contributed by atoms with van der Waals surface area (Å²) in [7, 11) is 3.27. The molecule has 8 heteroatoms. The zero-order valence-electron chi connectivity index (χ0n) is 12.8. The first-order valence-electron chi connectivity index (χ1n) is 7.07. The highest BCUT2D eigenvalue weighted by molar-refractivity contribution is 6.28. The van der Waals surface area contributed by atoms with Crippen LogP contribution >= 0.6 is 11.6 Å². The molecule has 3 aromatic rings. The van der Waals surface area contributed by atoms with Gasteiger partial charge in [-0.05, 0) is 41.8 Å². The normalized spacial score (nSPS) is 10.9. The summed E-state index contributed by atoms with van der Waals surface area (Å²) in [6, 6.07) is 5.85. The molecule has 0 spiro atoms. The average molecular weight is 334 g/mol. The largest absolute Gasteiger partial charge is 0.497 e. The van der Waals surface area contributed by atoms with E-state index in [0.717, 1.165) is 22.2 Å². The second-order valence-electron chi connectivity index (χ2n) is 5.06. The Hall–Kier alpha value is -2.54. The van der Waals surface area contributed by atoms with E-state index < -0.39 is 0 Å². The second-order valence-corrected chi connectivity index (χ2v) is 5.40. The summed E-state index contributed by atoms with van der Waals surface area (Å²) >= 11 is 5.78. The van der Waals surface area contributed by atoms with E-state index in [1.165, 1.54) is 4.68 Å². The molecule has 0 radical (unpaired) electrons. The van der Waals surface area contributed by atoms with Crippen molar-refractivity contribution in [2.75, 3.05) is 13.7 Å². The first-order valence-corrected chi connectivity index (χ1v) is 7.45. The highest BCUT2D eigenvalue weighted by Crippen LogP contribution is 2.23. The summed E-state index contributed by atoms with van der Waals surface area (Å²) in [5.41, 5.74) is 2.14. The van der Waals surface area contributed by atoms with Gasteiger partial charge in [0.1, 0.15) is 5.75 Å². The van der Waals surface area contributed by atoms with E-state index in [9.17, 15) is 4.79 Å². The summed E-state index contributed by atoms with van der Waals surface area (Å²) in [6.07, 6.45) is 2.62. The fourth-order valence-electron chi connectivity index (χ4n) is 2.34. The van der Waals surface area contributed by atoms with Gasteiger partial charge in [0.25, 0.3) is 5.91 Å². The number of nitrogens with zero attached hydrogens (tertiary/aromatic N) is 3. The first-order chi connectivity index (χ1) is 11.1. The van der Waals surface area contributed by atoms with Crippen molar-refractivity contribution in [2.45, 2.75) is 6.42 Å². The van der Waals surface area contributed by atoms with Gasteiger partial charge >= 0.3 is 0 Å². The topological polar surface area (TPSA) is 84.8 Å². The summed E-state index contributed by atoms with van der Waals surface area (Å²) in [6.45, 7) is 0.471. The molecule has 3 rings (SSSR count). The molecule has 0 atom stereocenters. The van der Waals surface area contributed by atoms with Crippen LogP contribution < -0.4 is 10.1 Å². The minimum atomic E-state index is -0.343. The molecule has 7 nitrogen and oxygen atoms in total. The Kier molecular flexibility index (Phi) is 4.20. The smallest absolute Gasteiger partial charge is 0.291 e. The van der Waals surface area contributed by atoms with E-state index in [-0.39, 0.29) is 17.0 Å². The van der Waals surface area contributed by atoms with Crippen molar-refractivity contribution in [1.82, 2.24) is 25.1 Å². The molecule has 2 aromatic heterocycles. The van der Waals surface area contributed by atoms with Gasteiger partial charge in [-0.2, -0.15) is 4.98 Å². The lowest BCUT2D eigenvalue weighted by Gasteiger charge is -2.03. The molecule has 2 heterocycles. The van der Waals surface area contributed by atoms with Crippen LogP contribution in [0.15, 0.2) is 24.4 Å². The molecule has 1 aromatic carbocycles. The van der Waals surface area contributed by atoms with Crippen molar-refractivity contribution in [3.8, 4) is 5.75 Å². The number of fused-ring (bicyclic) bond motifs is 1. The van der Waals surface area contributed by atoms with Crippen molar-refractivity contribution in [1.29, 1.82) is 0 Å². The van der Waals surface area contributed by atoms with Crippen LogP contribution in [0.4, 0.5) is 0 Å². The van der Waals surface area contributed by atoms with Crippen LogP contribution in [0.1, 0.15) is 16.2 Å². The number of aromatic amines is 1. The highest BCUT2D eigenvalue weighted by atomic mass is 35.5. The number of amides is 1. The van der Waals surface area contributed by atoms with Gasteiger partial charge in [-0.25, -0.2) is 4.68 Å². The number of nitrogens with one attached hydrogen (secondary N) is 2. The number of benzene rings is 1. The van der Waals surface area contributed by atoms with E-state index in [2.05, 4.69) is 20.4 Å². The van der Waals surface area contributed by atoms with E-state index in [4.69, 9.17) is 16.3 Å². The lowest BCUT2D eigenvalue weighted by molar-refractivity contribution is 0.0943. The van der Waals surface area contributed by atoms with Gasteiger partial charge in [0.05, 0.1) is 7.11 Å². The molecule has 0 unspecified atom stereocenters. The molecule has 0 saturated heterocycles. The van der Waals surface area contributed by atoms with Crippen LogP contribution in [0, 0.1) is 0 Å². The predicted octanol–water partition coefficient (Wildman–Crippen LogP) is 1.93. The fourth-order valence-corrected chi connectivity index (χ4v) is 2.46. The summed E-state index contributed by atoms with van der Waals surface area (Å²) in [5.74, 6) is 0.526. The van der Waals surface area contributed by atoms with Crippen molar-refractivity contribution < 1.29 is 9.53 Å². The number of carbonyl (C=O) groups excluding carboxylic acids is 1. The number of carbonyl (C=O) groups is 1. The maximum atomic E-state index is 12.0. The highest BCUT2D eigenvalue weighted by Gasteiger charge is 2.13. The summed E-state index contributed by atoms with van der Waals surface area (Å²) in [5, 5.41) is 7.99. The van der Waals surface area contributed by atoms with Crippen LogP contribution in [0.3, 0.4) is 0 Å². The zero-order chi connectivity index (χ0) is 16.4. The molecule has 0 bridgehead atoms. The van der Waals surface area contributed by atoms with Crippen LogP contribution in [0.5, 0.6) is 5.75 Å². The van der Waals surface area contributed by atoms with Gasteiger partial charge in [0, 0.05) is 30.7 Å². The van der Waals surface area contributed by atoms with Gasteiger partial charge in [0.2, 0.25) is 11.1 Å². The molecule has 120 valence electrons. The second kappa shape index (κ2) is 6.29. The predicted molar refractivity (Wildman–Crippen MR) is 86.9 cm³/mol. The lowest BCUT2D eigenvalue weighted by atomic mass is 10.1. The van der Waals surface area contributed by atoms with E-state index in [1.54, 1.807) is 14.2 Å². The molecule has 23 heavy (non-hydrogen) atoms. The summed E-state index contributed by atoms with van der Waals surface area (Å²) in [4.78, 5) is 19.1. The Morgan fingerprint density at radius 1 is 1.48 bits per heavy atom. The Morgan fingerprint density at radius 3 is 3.00 bits per heavy atom. The number of aromatic nitrogens is 4. The van der Waals surface area contributed by atoms with Crippen molar-refractivity contribution >= 4 is 28.4 Å². The molecular formula is C15H16ClN5O2. The van der Waals surface area contributed by atoms with Gasteiger partial charge < -0.3 is 15.0 Å². The van der Waals surface area contributed by atoms with Gasteiger partial charge in [0.15, 0.2) is 0 Å². The maximum Gasteiger partial charge on any atom is 0.291 e. The molecule has 0 aliphatic heterocycles. The van der Waals surface area contributed by atoms with E-state index >= 15 is 0 Å². The number of ether oxygens (including phenoxy) is 1. The standard InChI is InChI=1S/C15H16ClN5O2/c1-21-15(16)19-13(20-21)14(22)17-6-5-9-8-18-12-4-3-10(23-2)7-11(9)12/h3-4,7-8,18H,5-6H2,1-2H3,(H,17,22). The molecular weight excluding hydrogens is 318 g/mol. The Balaban J connectivity index is 1.65. The number of hydrogen-bond acceptors (Lipinski definition) is 4. The average Bonchev–Trinajstić information content (AvgIpc) is 3.10. The molecule has 0 saturated carbocycles. The Labute approximate surface area is 137 Å². The van der Waals surface area contributed by atoms with Crippen molar-refractivity contribution in [2.24, 2.45) is 7.05 Å². The van der Waals surface area contributed by atoms with Crippen LogP contribution in [0.2, 0.25) is 5.28 Å². The third kappa shape index (κ3) is 3.14. The third-order valence-electron chi connectivity index (χ3n) is 3.57. The monoisotopic (exact) mass is 333 g/mol. The van der Waals surface area contributed by atoms with Gasteiger partial charge in [-0.3, -0.25) is 4.79 Å². The molecule has 0 aliphatic carbocycles. The third-order valence-corrected chi connectivity index (χ3v) is 3.90. The quantitative estimate of drug-likeness (QED) is 0.747. The molecule has 2 N–H and O–H groups in total. The van der Waals surface area contributed by atoms with Gasteiger partial charge in [-0.1, -0.05) is 0 Å². The van der Waals surface area contributed by atoms with Crippen LogP contribution in [0.25, 0.3) is 10.9 Å². The number of aryl methyl sites for hydroxylation is 1. The Morgan fingerprint density at radius 2 is 2.30 bits per heavy atom. The minimum Gasteiger partial charge on any atom is -0.497 e. The molecule has 1 amide bonds. The Bertz CT molecular complexity index is 835. The van der Waals surface area contributed by atoms with Crippen LogP contribution in [-0.4, -0.2) is 39.3 Å². The SMILES string of the molecule is COc1ccc2[nH]cc(CCNC(=O)c3nc(Cl)n(C)n3)c2c1.